The molecule has 0 heterocycles. The second-order valence-electron chi connectivity index (χ2n) is 5.25. The van der Waals surface area contributed by atoms with E-state index in [2.05, 4.69) is 11.4 Å². The van der Waals surface area contributed by atoms with Gasteiger partial charge in [-0.15, -0.1) is 0 Å². The number of nitriles is 1. The predicted octanol–water partition coefficient (Wildman–Crippen LogP) is 2.08. The first-order valence-corrected chi connectivity index (χ1v) is 6.48. The summed E-state index contributed by atoms with van der Waals surface area (Å²) in [4.78, 5) is 0. The molecule has 2 aliphatic rings. The minimum Gasteiger partial charge on any atom is -0.378 e. The second-order valence-corrected chi connectivity index (χ2v) is 5.25. The Morgan fingerprint density at radius 1 is 1.38 bits per heavy atom. The average Bonchev–Trinajstić information content (AvgIpc) is 3.06. The van der Waals surface area contributed by atoms with Crippen LogP contribution in [-0.4, -0.2) is 25.8 Å². The van der Waals surface area contributed by atoms with E-state index < -0.39 is 5.54 Å². The number of hydrogen-bond donors (Lipinski definition) is 1. The maximum absolute atomic E-state index is 9.26. The Morgan fingerprint density at radius 3 is 2.56 bits per heavy atom. The van der Waals surface area contributed by atoms with Gasteiger partial charge in [-0.2, -0.15) is 5.26 Å². The van der Waals surface area contributed by atoms with E-state index in [1.54, 1.807) is 0 Å². The monoisotopic (exact) mass is 222 g/mol. The maximum Gasteiger partial charge on any atom is 0.132 e. The highest BCUT2D eigenvalue weighted by Gasteiger charge is 2.44. The van der Waals surface area contributed by atoms with E-state index in [0.717, 1.165) is 12.5 Å². The summed E-state index contributed by atoms with van der Waals surface area (Å²) in [5.41, 5.74) is -0.417. The van der Waals surface area contributed by atoms with Crippen molar-refractivity contribution in [1.82, 2.24) is 5.32 Å². The van der Waals surface area contributed by atoms with E-state index in [9.17, 15) is 5.26 Å². The first kappa shape index (κ1) is 11.9. The van der Waals surface area contributed by atoms with Gasteiger partial charge in [0.05, 0.1) is 12.7 Å². The fraction of sp³-hybridized carbons (Fsp3) is 0.923. The predicted molar refractivity (Wildman–Crippen MR) is 62.9 cm³/mol. The minimum absolute atomic E-state index is 0.417. The highest BCUT2D eigenvalue weighted by molar-refractivity contribution is 5.14. The van der Waals surface area contributed by atoms with Gasteiger partial charge in [0.25, 0.3) is 0 Å². The van der Waals surface area contributed by atoms with Gasteiger partial charge in [-0.25, -0.2) is 0 Å². The summed E-state index contributed by atoms with van der Waals surface area (Å²) in [6, 6.07) is 2.41. The molecule has 0 radical (unpaired) electrons. The van der Waals surface area contributed by atoms with Gasteiger partial charge in [-0.3, -0.25) is 0 Å². The largest absolute Gasteiger partial charge is 0.378 e. The number of ether oxygens (including phenoxy) is 1. The van der Waals surface area contributed by atoms with Crippen LogP contribution in [0.4, 0.5) is 0 Å². The Kier molecular flexibility index (Phi) is 3.83. The van der Waals surface area contributed by atoms with Gasteiger partial charge >= 0.3 is 0 Å². The van der Waals surface area contributed by atoms with Crippen LogP contribution in [0.2, 0.25) is 0 Å². The molecule has 0 aromatic rings. The highest BCUT2D eigenvalue weighted by Crippen LogP contribution is 2.39. The number of nitrogens with zero attached hydrogens (tertiary/aromatic N) is 1. The quantitative estimate of drug-likeness (QED) is 0.671. The van der Waals surface area contributed by atoms with Crippen molar-refractivity contribution >= 4 is 0 Å². The van der Waals surface area contributed by atoms with Crippen LogP contribution in [-0.2, 0) is 4.74 Å². The summed E-state index contributed by atoms with van der Waals surface area (Å²) < 4.78 is 5.70. The van der Waals surface area contributed by atoms with Crippen molar-refractivity contribution in [2.45, 2.75) is 44.1 Å². The molecule has 90 valence electrons. The molecule has 2 saturated carbocycles. The molecule has 0 aliphatic heterocycles. The van der Waals surface area contributed by atoms with E-state index in [1.807, 2.05) is 7.05 Å². The zero-order valence-corrected chi connectivity index (χ0v) is 10.2. The first-order valence-electron chi connectivity index (χ1n) is 6.48. The van der Waals surface area contributed by atoms with Crippen LogP contribution in [0.15, 0.2) is 0 Å². The van der Waals surface area contributed by atoms with Gasteiger partial charge < -0.3 is 10.1 Å². The molecule has 1 atom stereocenters. The van der Waals surface area contributed by atoms with E-state index in [1.165, 1.54) is 38.5 Å². The van der Waals surface area contributed by atoms with E-state index >= 15 is 0 Å². The summed E-state index contributed by atoms with van der Waals surface area (Å²) in [6.07, 6.45) is 7.66. The van der Waals surface area contributed by atoms with Crippen molar-refractivity contribution < 1.29 is 4.74 Å². The minimum atomic E-state index is -0.417. The van der Waals surface area contributed by atoms with E-state index in [0.29, 0.717) is 12.5 Å². The lowest BCUT2D eigenvalue weighted by Gasteiger charge is -2.28. The zero-order chi connectivity index (χ0) is 11.4. The van der Waals surface area contributed by atoms with Crippen molar-refractivity contribution in [3.05, 3.63) is 0 Å². The standard InChI is InChI=1S/C13H22N2O/c1-15-13(9-14,12-5-6-12)10-16-8-7-11-3-2-4-11/h11-12,15H,2-8,10H2,1H3. The van der Waals surface area contributed by atoms with Crippen LogP contribution in [0, 0.1) is 23.2 Å². The summed E-state index contributed by atoms with van der Waals surface area (Å²) in [5, 5.41) is 12.4. The smallest absolute Gasteiger partial charge is 0.132 e. The molecular weight excluding hydrogens is 200 g/mol. The van der Waals surface area contributed by atoms with Crippen LogP contribution < -0.4 is 5.32 Å². The maximum atomic E-state index is 9.26. The fourth-order valence-corrected chi connectivity index (χ4v) is 2.41. The highest BCUT2D eigenvalue weighted by atomic mass is 16.5. The lowest BCUT2D eigenvalue weighted by molar-refractivity contribution is 0.0668. The fourth-order valence-electron chi connectivity index (χ4n) is 2.41. The average molecular weight is 222 g/mol. The molecule has 1 unspecified atom stereocenters. The number of rotatable bonds is 7. The third-order valence-corrected chi connectivity index (χ3v) is 4.14. The second kappa shape index (κ2) is 5.16. The van der Waals surface area contributed by atoms with Crippen molar-refractivity contribution in [2.75, 3.05) is 20.3 Å². The summed E-state index contributed by atoms with van der Waals surface area (Å²) in [5.74, 6) is 1.40. The number of nitrogens with one attached hydrogen (secondary N) is 1. The van der Waals surface area contributed by atoms with Gasteiger partial charge in [-0.05, 0) is 38.1 Å². The van der Waals surface area contributed by atoms with Crippen LogP contribution in [0.5, 0.6) is 0 Å². The van der Waals surface area contributed by atoms with Gasteiger partial charge in [0.2, 0.25) is 0 Å². The van der Waals surface area contributed by atoms with E-state index in [4.69, 9.17) is 4.74 Å². The molecule has 16 heavy (non-hydrogen) atoms. The molecule has 0 aromatic heterocycles. The molecule has 0 saturated heterocycles. The van der Waals surface area contributed by atoms with Crippen molar-refractivity contribution in [3.8, 4) is 6.07 Å². The molecule has 0 amide bonds. The lowest BCUT2D eigenvalue weighted by atomic mass is 9.83. The summed E-state index contributed by atoms with van der Waals surface area (Å²) in [6.45, 7) is 1.37. The Balaban J connectivity index is 1.67. The molecule has 3 heteroatoms. The Hall–Kier alpha value is -0.590. The SMILES string of the molecule is CNC(C#N)(COCCC1CCC1)C1CC1. The first-order chi connectivity index (χ1) is 7.80. The molecule has 2 aliphatic carbocycles. The molecule has 3 nitrogen and oxygen atoms in total. The normalized spacial score (nSPS) is 24.5. The van der Waals surface area contributed by atoms with Crippen LogP contribution in [0.25, 0.3) is 0 Å². The molecule has 1 N–H and O–H groups in total. The molecule has 0 spiro atoms. The third kappa shape index (κ3) is 2.56. The van der Waals surface area contributed by atoms with Crippen molar-refractivity contribution in [3.63, 3.8) is 0 Å². The van der Waals surface area contributed by atoms with Crippen LogP contribution in [0.1, 0.15) is 38.5 Å². The molecule has 2 rings (SSSR count). The number of likely N-dealkylation sites (N-methyl/N-ethyl adjacent to an activating group) is 1. The van der Waals surface area contributed by atoms with Crippen LogP contribution >= 0.6 is 0 Å². The van der Waals surface area contributed by atoms with E-state index in [-0.39, 0.29) is 0 Å². The number of hydrogen-bond acceptors (Lipinski definition) is 3. The summed E-state index contributed by atoms with van der Waals surface area (Å²) in [7, 11) is 1.87. The Labute approximate surface area is 98.2 Å². The van der Waals surface area contributed by atoms with Crippen molar-refractivity contribution in [1.29, 1.82) is 5.26 Å². The molecular formula is C13H22N2O. The van der Waals surface area contributed by atoms with Crippen molar-refractivity contribution in [2.24, 2.45) is 11.8 Å². The topological polar surface area (TPSA) is 45.0 Å². The van der Waals surface area contributed by atoms with Gasteiger partial charge in [-0.1, -0.05) is 19.3 Å². The van der Waals surface area contributed by atoms with Gasteiger partial charge in [0.15, 0.2) is 0 Å². The summed E-state index contributed by atoms with van der Waals surface area (Å²) >= 11 is 0. The zero-order valence-electron chi connectivity index (χ0n) is 10.2. The molecule has 0 aromatic carbocycles. The van der Waals surface area contributed by atoms with Gasteiger partial charge in [0, 0.05) is 6.61 Å². The Bertz CT molecular complexity index is 266. The lowest BCUT2D eigenvalue weighted by Crippen LogP contribution is -2.48. The molecule has 2 fully saturated rings. The van der Waals surface area contributed by atoms with Crippen LogP contribution in [0.3, 0.4) is 0 Å². The van der Waals surface area contributed by atoms with Gasteiger partial charge in [0.1, 0.15) is 5.54 Å². The Morgan fingerprint density at radius 2 is 2.12 bits per heavy atom. The third-order valence-electron chi connectivity index (χ3n) is 4.14. The molecule has 0 bridgehead atoms.